The van der Waals surface area contributed by atoms with Gasteiger partial charge in [-0.15, -0.1) is 0 Å². The number of aromatic nitrogens is 2. The molecule has 0 saturated carbocycles. The maximum atomic E-state index is 14.2. The van der Waals surface area contributed by atoms with Crippen LogP contribution in [-0.4, -0.2) is 22.7 Å². The normalized spacial score (nSPS) is 19.2. The summed E-state index contributed by atoms with van der Waals surface area (Å²) in [7, 11) is 0. The summed E-state index contributed by atoms with van der Waals surface area (Å²) in [6, 6.07) is 25.8. The smallest absolute Gasteiger partial charge is 0.163 e. The first-order valence-electron chi connectivity index (χ1n) is 10.7. The minimum absolute atomic E-state index is 0.334. The van der Waals surface area contributed by atoms with Crippen molar-refractivity contribution in [1.29, 1.82) is 0 Å². The number of fused-ring (bicyclic) bond motifs is 1. The molecule has 0 N–H and O–H groups in total. The molecule has 0 radical (unpaired) electrons. The Hall–Kier alpha value is -3.67. The highest BCUT2D eigenvalue weighted by Crippen LogP contribution is 2.48. The molecule has 0 bridgehead atoms. The second-order valence-electron chi connectivity index (χ2n) is 8.38. The van der Waals surface area contributed by atoms with Crippen molar-refractivity contribution in [2.45, 2.75) is 18.3 Å². The van der Waals surface area contributed by atoms with Gasteiger partial charge in [0.1, 0.15) is 6.54 Å². The first-order valence-corrected chi connectivity index (χ1v) is 10.7. The number of rotatable bonds is 6. The zero-order valence-corrected chi connectivity index (χ0v) is 17.7. The van der Waals surface area contributed by atoms with E-state index >= 15 is 0 Å². The molecular formula is C27H24N4O. The van der Waals surface area contributed by atoms with E-state index in [1.165, 1.54) is 0 Å². The molecule has 158 valence electrons. The summed E-state index contributed by atoms with van der Waals surface area (Å²) in [6.45, 7) is 0.334. The summed E-state index contributed by atoms with van der Waals surface area (Å²) in [6.07, 6.45) is 10.4. The summed E-state index contributed by atoms with van der Waals surface area (Å²) in [5.41, 5.74) is 4.61. The Kier molecular flexibility index (Phi) is 5.35. The molecule has 0 saturated heterocycles. The highest BCUT2D eigenvalue weighted by Gasteiger charge is 2.50. The summed E-state index contributed by atoms with van der Waals surface area (Å²) >= 11 is 0. The molecule has 0 aliphatic carbocycles. The summed E-state index contributed by atoms with van der Waals surface area (Å²) in [5, 5.41) is 18.8. The van der Waals surface area contributed by atoms with Crippen LogP contribution in [0.1, 0.15) is 22.3 Å². The van der Waals surface area contributed by atoms with Crippen molar-refractivity contribution < 1.29 is 0 Å². The van der Waals surface area contributed by atoms with Gasteiger partial charge in [-0.3, -0.25) is 9.97 Å². The highest BCUT2D eigenvalue weighted by atomic mass is 16.6. The molecule has 1 aliphatic heterocycles. The van der Waals surface area contributed by atoms with E-state index in [9.17, 15) is 5.21 Å². The van der Waals surface area contributed by atoms with Crippen molar-refractivity contribution in [3.8, 4) is 0 Å². The van der Waals surface area contributed by atoms with Crippen LogP contribution < -0.4 is 4.76 Å². The van der Waals surface area contributed by atoms with Crippen molar-refractivity contribution in [3.63, 3.8) is 0 Å². The van der Waals surface area contributed by atoms with Crippen molar-refractivity contribution in [2.24, 2.45) is 5.10 Å². The number of benzene rings is 2. The predicted octanol–water partition coefficient (Wildman–Crippen LogP) is 5.05. The van der Waals surface area contributed by atoms with Gasteiger partial charge in [0.15, 0.2) is 5.69 Å². The maximum absolute atomic E-state index is 14.2. The van der Waals surface area contributed by atoms with Gasteiger partial charge >= 0.3 is 0 Å². The molecule has 2 aromatic carbocycles. The first-order chi connectivity index (χ1) is 15.7. The Morgan fingerprint density at radius 1 is 0.781 bits per heavy atom. The van der Waals surface area contributed by atoms with Gasteiger partial charge in [0, 0.05) is 36.4 Å². The summed E-state index contributed by atoms with van der Waals surface area (Å²) in [4.78, 5) is 8.33. The van der Waals surface area contributed by atoms with E-state index < -0.39 is 10.2 Å². The van der Waals surface area contributed by atoms with Crippen molar-refractivity contribution >= 4 is 11.9 Å². The van der Waals surface area contributed by atoms with Gasteiger partial charge in [0.25, 0.3) is 0 Å². The van der Waals surface area contributed by atoms with Crippen LogP contribution in [0.3, 0.4) is 0 Å². The number of nitrogens with zero attached hydrogens (tertiary/aromatic N) is 4. The van der Waals surface area contributed by atoms with Gasteiger partial charge in [0.05, 0.1) is 11.6 Å². The summed E-state index contributed by atoms with van der Waals surface area (Å²) < 4.78 is -0.721. The van der Waals surface area contributed by atoms with Crippen molar-refractivity contribution in [1.82, 2.24) is 14.7 Å². The SMILES string of the molecule is [O-][N+]1(N=Cc2ccccc2)CC(Cc2ccncc2)(Cc2ccncc2)c2ccccc21. The number of pyridine rings is 2. The van der Waals surface area contributed by atoms with Crippen molar-refractivity contribution in [3.05, 3.63) is 131 Å². The average Bonchev–Trinajstić information content (AvgIpc) is 3.08. The lowest BCUT2D eigenvalue weighted by molar-refractivity contribution is 0.316. The Labute approximate surface area is 187 Å². The molecule has 4 aromatic rings. The largest absolute Gasteiger partial charge is 0.599 e. The van der Waals surface area contributed by atoms with E-state index in [1.807, 2.05) is 97.6 Å². The van der Waals surface area contributed by atoms with Crippen LogP contribution >= 0.6 is 0 Å². The van der Waals surface area contributed by atoms with Crippen LogP contribution in [-0.2, 0) is 18.3 Å². The fourth-order valence-corrected chi connectivity index (χ4v) is 4.76. The van der Waals surface area contributed by atoms with Crippen LogP contribution in [0.2, 0.25) is 0 Å². The molecule has 1 unspecified atom stereocenters. The Bertz CT molecular complexity index is 1170. The van der Waals surface area contributed by atoms with Gasteiger partial charge < -0.3 is 5.21 Å². The van der Waals surface area contributed by atoms with Crippen LogP contribution in [0.4, 0.5) is 5.69 Å². The van der Waals surface area contributed by atoms with E-state index in [2.05, 4.69) is 21.1 Å². The Morgan fingerprint density at radius 2 is 1.34 bits per heavy atom. The molecule has 2 aromatic heterocycles. The number of para-hydroxylation sites is 1. The number of hydrogen-bond donors (Lipinski definition) is 0. The third-order valence-corrected chi connectivity index (χ3v) is 6.15. The Morgan fingerprint density at radius 3 is 1.97 bits per heavy atom. The molecular weight excluding hydrogens is 396 g/mol. The summed E-state index contributed by atoms with van der Waals surface area (Å²) in [5.74, 6) is 0. The lowest BCUT2D eigenvalue weighted by atomic mass is 9.73. The molecule has 3 heterocycles. The number of hydrogen-bond acceptors (Lipinski definition) is 4. The number of quaternary nitrogens is 1. The topological polar surface area (TPSA) is 61.2 Å². The average molecular weight is 421 g/mol. The van der Waals surface area contributed by atoms with Gasteiger partial charge in [-0.25, -0.2) is 0 Å². The fraction of sp³-hybridized carbons (Fsp3) is 0.148. The van der Waals surface area contributed by atoms with Crippen molar-refractivity contribution in [2.75, 3.05) is 6.54 Å². The minimum atomic E-state index is -0.721. The molecule has 5 rings (SSSR count). The molecule has 5 heteroatoms. The molecule has 0 spiro atoms. The molecule has 1 aliphatic rings. The van der Waals surface area contributed by atoms with E-state index in [1.54, 1.807) is 6.21 Å². The third-order valence-electron chi connectivity index (χ3n) is 6.15. The van der Waals surface area contributed by atoms with Crippen LogP contribution in [0, 0.1) is 5.21 Å². The predicted molar refractivity (Wildman–Crippen MR) is 128 cm³/mol. The first kappa shape index (κ1) is 20.2. The zero-order chi connectivity index (χ0) is 21.9. The second kappa shape index (κ2) is 8.46. The molecule has 32 heavy (non-hydrogen) atoms. The Balaban J connectivity index is 1.60. The quantitative estimate of drug-likeness (QED) is 0.249. The molecule has 5 nitrogen and oxygen atoms in total. The van der Waals surface area contributed by atoms with Gasteiger partial charge in [-0.1, -0.05) is 53.6 Å². The zero-order valence-electron chi connectivity index (χ0n) is 17.7. The maximum Gasteiger partial charge on any atom is 0.163 e. The van der Waals surface area contributed by atoms with Gasteiger partial charge in [-0.2, -0.15) is 4.76 Å². The molecule has 1 atom stereocenters. The third kappa shape index (κ3) is 3.96. The molecule has 0 fully saturated rings. The van der Waals surface area contributed by atoms with E-state index in [4.69, 9.17) is 0 Å². The van der Waals surface area contributed by atoms with E-state index in [0.717, 1.165) is 35.1 Å². The highest BCUT2D eigenvalue weighted by molar-refractivity contribution is 5.80. The monoisotopic (exact) mass is 420 g/mol. The van der Waals surface area contributed by atoms with Crippen LogP contribution in [0.25, 0.3) is 0 Å². The van der Waals surface area contributed by atoms with Gasteiger partial charge in [0.2, 0.25) is 0 Å². The fourth-order valence-electron chi connectivity index (χ4n) is 4.76. The van der Waals surface area contributed by atoms with Gasteiger partial charge in [-0.05, 0) is 53.8 Å². The van der Waals surface area contributed by atoms with Crippen LogP contribution in [0.5, 0.6) is 0 Å². The lowest BCUT2D eigenvalue weighted by Crippen LogP contribution is -2.44. The second-order valence-corrected chi connectivity index (χ2v) is 8.38. The molecule has 0 amide bonds. The lowest BCUT2D eigenvalue weighted by Gasteiger charge is -2.35. The number of hydroxylamine groups is 1. The van der Waals surface area contributed by atoms with Crippen LogP contribution in [0.15, 0.2) is 109 Å². The van der Waals surface area contributed by atoms with E-state index in [-0.39, 0.29) is 0 Å². The van der Waals surface area contributed by atoms with E-state index in [0.29, 0.717) is 12.2 Å². The standard InChI is InChI=1S/C27H24N4O/c32-31(30-20-24-6-2-1-3-7-24)21-27(18-22-10-14-28-15-11-22,19-23-12-16-29-17-13-23)25-8-4-5-9-26(25)31/h1-17,20H,18-19,21H2. The minimum Gasteiger partial charge on any atom is -0.599 e.